The lowest BCUT2D eigenvalue weighted by Gasteiger charge is -2.07. The van der Waals surface area contributed by atoms with Gasteiger partial charge in [-0.25, -0.2) is 10.8 Å². The van der Waals surface area contributed by atoms with E-state index < -0.39 is 0 Å². The van der Waals surface area contributed by atoms with Crippen LogP contribution in [0.25, 0.3) is 0 Å². The molecule has 0 radical (unpaired) electrons. The first kappa shape index (κ1) is 13.3. The smallest absolute Gasteiger partial charge is 0.239 e. The second-order valence-electron chi connectivity index (χ2n) is 3.75. The van der Waals surface area contributed by atoms with Crippen molar-refractivity contribution in [2.24, 2.45) is 5.84 Å². The van der Waals surface area contributed by atoms with E-state index in [4.69, 9.17) is 5.84 Å². The number of nitrogens with one attached hydrogen (secondary N) is 2. The summed E-state index contributed by atoms with van der Waals surface area (Å²) in [6.45, 7) is 2.73. The Balaban J connectivity index is 1.91. The molecule has 96 valence electrons. The van der Waals surface area contributed by atoms with Gasteiger partial charge in [0, 0.05) is 23.2 Å². The summed E-state index contributed by atoms with van der Waals surface area (Å²) in [5, 5.41) is 3.26. The second-order valence-corrected chi connectivity index (χ2v) is 6.29. The van der Waals surface area contributed by atoms with Crippen molar-refractivity contribution in [1.82, 2.24) is 9.97 Å². The van der Waals surface area contributed by atoms with E-state index in [2.05, 4.69) is 48.8 Å². The van der Waals surface area contributed by atoms with Gasteiger partial charge in [0.2, 0.25) is 5.95 Å². The molecule has 0 amide bonds. The fourth-order valence-electron chi connectivity index (χ4n) is 1.52. The third kappa shape index (κ3) is 3.66. The zero-order valence-corrected chi connectivity index (χ0v) is 12.3. The standard InChI is InChI=1S/C11H14BrN5S/c1-7-6-10(16-11(15-7)17-13)14-5-4-8-2-3-9(12)18-8/h2-3,6H,4-5,13H2,1H3,(H2,14,15,16,17). The molecule has 0 spiro atoms. The molecule has 0 bridgehead atoms. The maximum absolute atomic E-state index is 5.30. The van der Waals surface area contributed by atoms with Crippen LogP contribution >= 0.6 is 27.3 Å². The van der Waals surface area contributed by atoms with Gasteiger partial charge in [-0.15, -0.1) is 11.3 Å². The number of thiophene rings is 1. The lowest BCUT2D eigenvalue weighted by molar-refractivity contribution is 1.00. The predicted molar refractivity (Wildman–Crippen MR) is 78.8 cm³/mol. The van der Waals surface area contributed by atoms with E-state index in [0.717, 1.165) is 28.3 Å². The van der Waals surface area contributed by atoms with Gasteiger partial charge in [0.05, 0.1) is 3.79 Å². The minimum atomic E-state index is 0.427. The fraction of sp³-hybridized carbons (Fsp3) is 0.273. The lowest BCUT2D eigenvalue weighted by atomic mass is 10.3. The molecule has 2 heterocycles. The number of hydrogen-bond acceptors (Lipinski definition) is 6. The topological polar surface area (TPSA) is 75.9 Å². The van der Waals surface area contributed by atoms with Crippen LogP contribution in [0.5, 0.6) is 0 Å². The van der Waals surface area contributed by atoms with Crippen molar-refractivity contribution in [3.05, 3.63) is 32.6 Å². The predicted octanol–water partition coefficient (Wildman–Crippen LogP) is 2.55. The highest BCUT2D eigenvalue weighted by Crippen LogP contribution is 2.22. The number of nitrogen functional groups attached to an aromatic ring is 1. The Morgan fingerprint density at radius 3 is 2.89 bits per heavy atom. The van der Waals surface area contributed by atoms with E-state index in [1.54, 1.807) is 11.3 Å². The first-order valence-electron chi connectivity index (χ1n) is 5.48. The number of nitrogens with two attached hydrogens (primary N) is 1. The van der Waals surface area contributed by atoms with Crippen molar-refractivity contribution in [2.75, 3.05) is 17.3 Å². The van der Waals surface area contributed by atoms with E-state index in [1.807, 2.05) is 13.0 Å². The average molecular weight is 328 g/mol. The molecule has 2 aromatic heterocycles. The molecular weight excluding hydrogens is 314 g/mol. The minimum Gasteiger partial charge on any atom is -0.370 e. The Labute approximate surface area is 118 Å². The normalized spacial score (nSPS) is 10.4. The average Bonchev–Trinajstić information content (AvgIpc) is 2.74. The third-order valence-electron chi connectivity index (χ3n) is 2.29. The van der Waals surface area contributed by atoms with Crippen LogP contribution in [-0.4, -0.2) is 16.5 Å². The summed E-state index contributed by atoms with van der Waals surface area (Å²) in [5.41, 5.74) is 3.33. The molecule has 0 aliphatic heterocycles. The van der Waals surface area contributed by atoms with Gasteiger partial charge in [-0.3, -0.25) is 5.43 Å². The van der Waals surface area contributed by atoms with Crippen LogP contribution in [0.1, 0.15) is 10.6 Å². The first-order chi connectivity index (χ1) is 8.67. The van der Waals surface area contributed by atoms with Crippen LogP contribution in [0, 0.1) is 6.92 Å². The van der Waals surface area contributed by atoms with Gasteiger partial charge in [0.15, 0.2) is 0 Å². The van der Waals surface area contributed by atoms with Gasteiger partial charge < -0.3 is 5.32 Å². The Morgan fingerprint density at radius 2 is 2.22 bits per heavy atom. The van der Waals surface area contributed by atoms with Gasteiger partial charge in [-0.05, 0) is 41.4 Å². The summed E-state index contributed by atoms with van der Waals surface area (Å²) in [6.07, 6.45) is 0.963. The molecule has 2 rings (SSSR count). The lowest BCUT2D eigenvalue weighted by Crippen LogP contribution is -2.13. The summed E-state index contributed by atoms with van der Waals surface area (Å²) >= 11 is 5.20. The van der Waals surface area contributed by atoms with Crippen molar-refractivity contribution < 1.29 is 0 Å². The summed E-state index contributed by atoms with van der Waals surface area (Å²) in [5.74, 6) is 6.51. The van der Waals surface area contributed by atoms with Crippen LogP contribution < -0.4 is 16.6 Å². The number of hydrazine groups is 1. The van der Waals surface area contributed by atoms with Crippen molar-refractivity contribution in [3.63, 3.8) is 0 Å². The van der Waals surface area contributed by atoms with Crippen molar-refractivity contribution in [1.29, 1.82) is 0 Å². The Hall–Kier alpha value is -1.18. The summed E-state index contributed by atoms with van der Waals surface area (Å²) in [7, 11) is 0. The van der Waals surface area contributed by atoms with E-state index >= 15 is 0 Å². The molecule has 18 heavy (non-hydrogen) atoms. The summed E-state index contributed by atoms with van der Waals surface area (Å²) < 4.78 is 1.16. The van der Waals surface area contributed by atoms with Crippen LogP contribution in [0.15, 0.2) is 22.0 Å². The van der Waals surface area contributed by atoms with E-state index in [9.17, 15) is 0 Å². The molecule has 0 aliphatic carbocycles. The zero-order valence-electron chi connectivity index (χ0n) is 9.90. The number of aryl methyl sites for hydroxylation is 1. The largest absolute Gasteiger partial charge is 0.370 e. The van der Waals surface area contributed by atoms with Crippen LogP contribution in [0.4, 0.5) is 11.8 Å². The molecule has 0 atom stereocenters. The molecule has 0 aromatic carbocycles. The molecule has 2 aromatic rings. The summed E-state index contributed by atoms with van der Waals surface area (Å²) in [6, 6.07) is 6.07. The van der Waals surface area contributed by atoms with Crippen molar-refractivity contribution in [2.45, 2.75) is 13.3 Å². The van der Waals surface area contributed by atoms with E-state index in [1.165, 1.54) is 4.88 Å². The number of halogens is 1. The molecule has 5 nitrogen and oxygen atoms in total. The molecule has 4 N–H and O–H groups in total. The molecular formula is C11H14BrN5S. The van der Waals surface area contributed by atoms with Crippen molar-refractivity contribution >= 4 is 39.0 Å². The number of rotatable bonds is 5. The molecule has 7 heteroatoms. The number of hydrogen-bond donors (Lipinski definition) is 3. The van der Waals surface area contributed by atoms with Crippen LogP contribution in [0.2, 0.25) is 0 Å². The maximum atomic E-state index is 5.30. The quantitative estimate of drug-likeness (QED) is 0.581. The number of anilines is 2. The van der Waals surface area contributed by atoms with E-state index in [0.29, 0.717) is 5.95 Å². The van der Waals surface area contributed by atoms with Crippen LogP contribution in [0.3, 0.4) is 0 Å². The number of aromatic nitrogens is 2. The van der Waals surface area contributed by atoms with Gasteiger partial charge in [0.25, 0.3) is 0 Å². The molecule has 0 saturated carbocycles. The van der Waals surface area contributed by atoms with Crippen LogP contribution in [-0.2, 0) is 6.42 Å². The molecule has 0 fully saturated rings. The Kier molecular flexibility index (Phi) is 4.51. The Morgan fingerprint density at radius 1 is 1.39 bits per heavy atom. The highest BCUT2D eigenvalue weighted by molar-refractivity contribution is 9.11. The number of nitrogens with zero attached hydrogens (tertiary/aromatic N) is 2. The third-order valence-corrected chi connectivity index (χ3v) is 3.97. The SMILES string of the molecule is Cc1cc(NCCc2ccc(Br)s2)nc(NN)n1. The van der Waals surface area contributed by atoms with Gasteiger partial charge in [0.1, 0.15) is 5.82 Å². The minimum absolute atomic E-state index is 0.427. The van der Waals surface area contributed by atoms with Crippen molar-refractivity contribution in [3.8, 4) is 0 Å². The second kappa shape index (κ2) is 6.12. The molecule has 0 unspecified atom stereocenters. The molecule has 0 saturated heterocycles. The highest BCUT2D eigenvalue weighted by atomic mass is 79.9. The summed E-state index contributed by atoms with van der Waals surface area (Å²) in [4.78, 5) is 9.69. The fourth-order valence-corrected chi connectivity index (χ4v) is 3.01. The van der Waals surface area contributed by atoms with Gasteiger partial charge in [-0.2, -0.15) is 4.98 Å². The van der Waals surface area contributed by atoms with E-state index in [-0.39, 0.29) is 0 Å². The monoisotopic (exact) mass is 327 g/mol. The molecule has 0 aliphatic rings. The Bertz CT molecular complexity index is 528. The van der Waals surface area contributed by atoms with Gasteiger partial charge >= 0.3 is 0 Å². The first-order valence-corrected chi connectivity index (χ1v) is 7.08. The van der Waals surface area contributed by atoms with Gasteiger partial charge in [-0.1, -0.05) is 0 Å². The zero-order chi connectivity index (χ0) is 13.0. The maximum Gasteiger partial charge on any atom is 0.239 e. The highest BCUT2D eigenvalue weighted by Gasteiger charge is 2.01.